The zero-order valence-corrected chi connectivity index (χ0v) is 22.2. The molecule has 4 aromatic rings. The minimum Gasteiger partial charge on any atom is -0.382 e. The molecule has 0 aliphatic carbocycles. The average molecular weight is 523 g/mol. The van der Waals surface area contributed by atoms with Crippen LogP contribution in [-0.4, -0.2) is 44.6 Å². The number of aryl methyl sites for hydroxylation is 2. The minimum atomic E-state index is -0.339. The van der Waals surface area contributed by atoms with Gasteiger partial charge in [-0.2, -0.15) is 5.10 Å². The van der Waals surface area contributed by atoms with Crippen LogP contribution in [0.4, 0.5) is 5.82 Å². The molecule has 9 nitrogen and oxygen atoms in total. The molecular weight excluding hydrogens is 492 g/mol. The molecule has 0 radical (unpaired) electrons. The number of H-pyrrole nitrogens is 1. The number of aromatic amines is 1. The van der Waals surface area contributed by atoms with Crippen molar-refractivity contribution in [2.45, 2.75) is 39.8 Å². The van der Waals surface area contributed by atoms with E-state index in [1.54, 1.807) is 11.8 Å². The Morgan fingerprint density at radius 2 is 1.95 bits per heavy atom. The average Bonchev–Trinajstić information content (AvgIpc) is 3.58. The first kappa shape index (κ1) is 25.8. The van der Waals surface area contributed by atoms with Crippen LogP contribution in [0, 0.1) is 25.7 Å². The molecule has 1 saturated heterocycles. The van der Waals surface area contributed by atoms with Crippen molar-refractivity contribution >= 4 is 28.5 Å². The summed E-state index contributed by atoms with van der Waals surface area (Å²) in [7, 11) is 0. The van der Waals surface area contributed by atoms with Gasteiger partial charge >= 0.3 is 0 Å². The maximum atomic E-state index is 12.9. The quantitative estimate of drug-likeness (QED) is 0.347. The topological polar surface area (TPSA) is 126 Å². The molecule has 39 heavy (non-hydrogen) atoms. The Morgan fingerprint density at radius 3 is 2.69 bits per heavy atom. The molecule has 1 atom stereocenters. The van der Waals surface area contributed by atoms with Crippen LogP contribution in [0.25, 0.3) is 22.0 Å². The molecule has 1 aliphatic heterocycles. The summed E-state index contributed by atoms with van der Waals surface area (Å²) in [4.78, 5) is 39.6. The number of hydrogen-bond acceptors (Lipinski definition) is 5. The molecular formula is C30H30N6O3. The molecule has 1 aliphatic rings. The lowest BCUT2D eigenvalue weighted by Crippen LogP contribution is -2.28. The molecule has 4 N–H and O–H groups in total. The highest BCUT2D eigenvalue weighted by atomic mass is 16.2. The molecule has 198 valence electrons. The SMILES string of the molecule is CC#CC(=O)N1CC[C@@H](n2cc(-c3ccc(CNC(=O)c4cc(C)ccc4C)cc3)c3c(N)n[nH]c(=O)c32)C1. The van der Waals surface area contributed by atoms with E-state index in [1.165, 1.54) is 0 Å². The molecule has 0 spiro atoms. The number of hydrogen-bond donors (Lipinski definition) is 3. The third kappa shape index (κ3) is 5.01. The van der Waals surface area contributed by atoms with Gasteiger partial charge < -0.3 is 20.5 Å². The van der Waals surface area contributed by atoms with Crippen molar-refractivity contribution in [3.8, 4) is 23.0 Å². The molecule has 0 bridgehead atoms. The third-order valence-corrected chi connectivity index (χ3v) is 7.21. The monoisotopic (exact) mass is 522 g/mol. The smallest absolute Gasteiger partial charge is 0.298 e. The van der Waals surface area contributed by atoms with Gasteiger partial charge in [0.1, 0.15) is 5.52 Å². The van der Waals surface area contributed by atoms with Crippen LogP contribution in [0.2, 0.25) is 0 Å². The van der Waals surface area contributed by atoms with E-state index in [1.807, 2.05) is 67.1 Å². The van der Waals surface area contributed by atoms with Crippen LogP contribution in [0.1, 0.15) is 46.4 Å². The first-order chi connectivity index (χ1) is 18.8. The molecule has 3 heterocycles. The van der Waals surface area contributed by atoms with E-state index in [4.69, 9.17) is 5.73 Å². The highest BCUT2D eigenvalue weighted by molar-refractivity contribution is 6.02. The van der Waals surface area contributed by atoms with Crippen LogP contribution in [0.5, 0.6) is 0 Å². The number of aromatic nitrogens is 3. The number of carbonyl (C=O) groups is 2. The Kier molecular flexibility index (Phi) is 6.94. The van der Waals surface area contributed by atoms with E-state index in [9.17, 15) is 14.4 Å². The van der Waals surface area contributed by atoms with Crippen molar-refractivity contribution in [1.29, 1.82) is 0 Å². The van der Waals surface area contributed by atoms with Crippen molar-refractivity contribution < 1.29 is 9.59 Å². The van der Waals surface area contributed by atoms with Gasteiger partial charge in [-0.25, -0.2) is 5.10 Å². The van der Waals surface area contributed by atoms with Gasteiger partial charge in [-0.05, 0) is 55.9 Å². The second-order valence-electron chi connectivity index (χ2n) is 9.88. The molecule has 5 rings (SSSR count). The fourth-order valence-electron chi connectivity index (χ4n) is 5.14. The summed E-state index contributed by atoms with van der Waals surface area (Å²) in [6.45, 7) is 6.92. The number of carbonyl (C=O) groups excluding carboxylic acids is 2. The largest absolute Gasteiger partial charge is 0.382 e. The van der Waals surface area contributed by atoms with E-state index in [2.05, 4.69) is 27.4 Å². The Labute approximate surface area is 226 Å². The van der Waals surface area contributed by atoms with Gasteiger partial charge in [0.05, 0.1) is 11.4 Å². The molecule has 9 heteroatoms. The Hall–Kier alpha value is -4.84. The number of benzene rings is 2. The van der Waals surface area contributed by atoms with E-state index in [0.717, 1.165) is 27.8 Å². The summed E-state index contributed by atoms with van der Waals surface area (Å²) in [5.74, 6) is 5.14. The van der Waals surface area contributed by atoms with Gasteiger partial charge in [0.25, 0.3) is 17.4 Å². The van der Waals surface area contributed by atoms with E-state index in [-0.39, 0.29) is 29.2 Å². The van der Waals surface area contributed by atoms with E-state index >= 15 is 0 Å². The predicted octanol–water partition coefficient (Wildman–Crippen LogP) is 3.32. The van der Waals surface area contributed by atoms with E-state index < -0.39 is 0 Å². The third-order valence-electron chi connectivity index (χ3n) is 7.21. The fourth-order valence-corrected chi connectivity index (χ4v) is 5.14. The number of likely N-dealkylation sites (tertiary alicyclic amines) is 1. The maximum absolute atomic E-state index is 12.9. The van der Waals surface area contributed by atoms with Crippen molar-refractivity contribution in [2.75, 3.05) is 18.8 Å². The summed E-state index contributed by atoms with van der Waals surface area (Å²) >= 11 is 0. The zero-order valence-electron chi connectivity index (χ0n) is 22.2. The second kappa shape index (κ2) is 10.5. The minimum absolute atomic E-state index is 0.0914. The molecule has 2 aromatic heterocycles. The number of nitrogens with zero attached hydrogens (tertiary/aromatic N) is 3. The van der Waals surface area contributed by atoms with Gasteiger partial charge in [0, 0.05) is 37.0 Å². The number of rotatable bonds is 5. The maximum Gasteiger partial charge on any atom is 0.298 e. The van der Waals surface area contributed by atoms with Gasteiger partial charge in [-0.1, -0.05) is 47.9 Å². The number of amides is 2. The lowest BCUT2D eigenvalue weighted by Gasteiger charge is -2.15. The van der Waals surface area contributed by atoms with Crippen LogP contribution in [0.3, 0.4) is 0 Å². The predicted molar refractivity (Wildman–Crippen MR) is 151 cm³/mol. The van der Waals surface area contributed by atoms with Crippen molar-refractivity contribution in [2.24, 2.45) is 0 Å². The van der Waals surface area contributed by atoms with Crippen molar-refractivity contribution in [1.82, 2.24) is 25.0 Å². The Balaban J connectivity index is 1.41. The molecule has 0 unspecified atom stereocenters. The van der Waals surface area contributed by atoms with Gasteiger partial charge in [-0.15, -0.1) is 0 Å². The van der Waals surface area contributed by atoms with Crippen LogP contribution >= 0.6 is 0 Å². The fraction of sp³-hybridized carbons (Fsp3) is 0.267. The first-order valence-corrected chi connectivity index (χ1v) is 12.8. The zero-order chi connectivity index (χ0) is 27.7. The molecule has 1 fully saturated rings. The number of nitrogens with one attached hydrogen (secondary N) is 2. The highest BCUT2D eigenvalue weighted by Gasteiger charge is 2.29. The van der Waals surface area contributed by atoms with Crippen LogP contribution in [-0.2, 0) is 11.3 Å². The van der Waals surface area contributed by atoms with Crippen molar-refractivity contribution in [3.05, 3.63) is 81.3 Å². The number of nitrogens with two attached hydrogens (primary N) is 1. The summed E-state index contributed by atoms with van der Waals surface area (Å²) in [5.41, 5.74) is 11.6. The van der Waals surface area contributed by atoms with Gasteiger partial charge in [0.2, 0.25) is 0 Å². The summed E-state index contributed by atoms with van der Waals surface area (Å²) < 4.78 is 1.91. The lowest BCUT2D eigenvalue weighted by molar-refractivity contribution is -0.124. The first-order valence-electron chi connectivity index (χ1n) is 12.8. The normalized spacial score (nSPS) is 14.7. The standard InChI is InChI=1S/C30H30N6O3/c1-4-5-25(37)35-13-12-22(16-35)36-17-24(26-27(36)30(39)34-33-28(26)31)21-10-8-20(9-11-21)15-32-29(38)23-14-18(2)6-7-19(23)3/h6-11,14,17,22H,12-13,15-16H2,1-3H3,(H2,31,33)(H,32,38)(H,34,39)/t22-/m1/s1. The summed E-state index contributed by atoms with van der Waals surface area (Å²) in [6, 6.07) is 13.5. The van der Waals surface area contributed by atoms with Crippen LogP contribution < -0.4 is 16.6 Å². The highest BCUT2D eigenvalue weighted by Crippen LogP contribution is 2.35. The Bertz CT molecular complexity index is 1710. The van der Waals surface area contributed by atoms with Crippen LogP contribution in [0.15, 0.2) is 53.5 Å². The number of nitrogen functional groups attached to an aromatic ring is 1. The summed E-state index contributed by atoms with van der Waals surface area (Å²) in [6.07, 6.45) is 2.61. The number of anilines is 1. The Morgan fingerprint density at radius 1 is 1.18 bits per heavy atom. The van der Waals surface area contributed by atoms with Crippen molar-refractivity contribution in [3.63, 3.8) is 0 Å². The second-order valence-corrected chi connectivity index (χ2v) is 9.88. The van der Waals surface area contributed by atoms with Gasteiger partial charge in [-0.3, -0.25) is 14.4 Å². The molecule has 0 saturated carbocycles. The number of fused-ring (bicyclic) bond motifs is 1. The van der Waals surface area contributed by atoms with Gasteiger partial charge in [0.15, 0.2) is 5.82 Å². The van der Waals surface area contributed by atoms with E-state index in [0.29, 0.717) is 42.5 Å². The molecule has 2 aromatic carbocycles. The summed E-state index contributed by atoms with van der Waals surface area (Å²) in [5, 5.41) is 10.1. The molecule has 2 amide bonds. The lowest BCUT2D eigenvalue weighted by atomic mass is 10.0.